The molecule has 1 atom stereocenters. The van der Waals surface area contributed by atoms with Gasteiger partial charge in [0.2, 0.25) is 10.9 Å². The lowest BCUT2D eigenvalue weighted by Crippen LogP contribution is -2.27. The molecule has 0 bridgehead atoms. The van der Waals surface area contributed by atoms with Gasteiger partial charge >= 0.3 is 5.97 Å². The van der Waals surface area contributed by atoms with Crippen LogP contribution in [0, 0.1) is 0 Å². The van der Waals surface area contributed by atoms with Gasteiger partial charge < -0.3 is 9.52 Å². The summed E-state index contributed by atoms with van der Waals surface area (Å²) in [5, 5.41) is 10.3. The third-order valence-corrected chi connectivity index (χ3v) is 5.15. The summed E-state index contributed by atoms with van der Waals surface area (Å²) in [4.78, 5) is 11.7. The molecule has 0 aliphatic rings. The van der Waals surface area contributed by atoms with E-state index in [1.807, 2.05) is 24.4 Å². The molecule has 8 heteroatoms. The average Bonchev–Trinajstić information content (AvgIpc) is 3.10. The van der Waals surface area contributed by atoms with Crippen molar-refractivity contribution < 1.29 is 22.7 Å². The third kappa shape index (κ3) is 3.72. The highest BCUT2D eigenvalue weighted by atomic mass is 32.2. The molecule has 2 aromatic rings. The predicted molar refractivity (Wildman–Crippen MR) is 78.0 cm³/mol. The second-order valence-corrected chi connectivity index (χ2v) is 7.03. The molecule has 0 saturated heterocycles. The zero-order valence-corrected chi connectivity index (χ0v) is 12.9. The molecule has 2 N–H and O–H groups in total. The van der Waals surface area contributed by atoms with Crippen LogP contribution < -0.4 is 4.72 Å². The Morgan fingerprint density at radius 2 is 2.19 bits per heavy atom. The normalized spacial score (nSPS) is 13.2. The van der Waals surface area contributed by atoms with Gasteiger partial charge in [-0.15, -0.1) is 11.3 Å². The molecule has 2 aromatic heterocycles. The van der Waals surface area contributed by atoms with Gasteiger partial charge in [-0.3, -0.25) is 0 Å². The van der Waals surface area contributed by atoms with Crippen LogP contribution in [-0.2, 0) is 10.0 Å². The number of carboxylic acids is 1. The van der Waals surface area contributed by atoms with E-state index in [-0.39, 0.29) is 6.04 Å². The number of carboxylic acid groups (broad SMARTS) is 1. The maximum Gasteiger partial charge on any atom is 0.371 e. The van der Waals surface area contributed by atoms with Gasteiger partial charge in [0.1, 0.15) is 0 Å². The van der Waals surface area contributed by atoms with Crippen molar-refractivity contribution in [2.75, 3.05) is 0 Å². The van der Waals surface area contributed by atoms with E-state index in [2.05, 4.69) is 4.72 Å². The first-order chi connectivity index (χ1) is 9.94. The monoisotopic (exact) mass is 329 g/mol. The summed E-state index contributed by atoms with van der Waals surface area (Å²) in [6.45, 7) is 1.96. The van der Waals surface area contributed by atoms with Gasteiger partial charge in [0.15, 0.2) is 0 Å². The van der Waals surface area contributed by atoms with Crippen molar-refractivity contribution in [3.63, 3.8) is 0 Å². The van der Waals surface area contributed by atoms with E-state index in [1.165, 1.54) is 11.3 Å². The molecular formula is C13H15NO5S2. The molecule has 0 radical (unpaired) electrons. The number of furan rings is 1. The zero-order valence-electron chi connectivity index (χ0n) is 11.3. The van der Waals surface area contributed by atoms with Gasteiger partial charge in [0, 0.05) is 4.88 Å². The molecule has 2 heterocycles. The lowest BCUT2D eigenvalue weighted by Gasteiger charge is -2.15. The summed E-state index contributed by atoms with van der Waals surface area (Å²) in [6, 6.07) is 5.63. The Morgan fingerprint density at radius 3 is 2.71 bits per heavy atom. The third-order valence-electron chi connectivity index (χ3n) is 2.82. The summed E-state index contributed by atoms with van der Waals surface area (Å²) in [7, 11) is -3.89. The minimum absolute atomic E-state index is 0.349. The second kappa shape index (κ2) is 6.42. The van der Waals surface area contributed by atoms with Crippen molar-refractivity contribution in [2.45, 2.75) is 30.9 Å². The van der Waals surface area contributed by atoms with Crippen molar-refractivity contribution in [3.05, 3.63) is 40.3 Å². The first-order valence-electron chi connectivity index (χ1n) is 6.33. The number of rotatable bonds is 7. The summed E-state index contributed by atoms with van der Waals surface area (Å²) < 4.78 is 31.9. The van der Waals surface area contributed by atoms with Crippen molar-refractivity contribution >= 4 is 27.3 Å². The van der Waals surface area contributed by atoms with Crippen LogP contribution >= 0.6 is 11.3 Å². The van der Waals surface area contributed by atoms with Gasteiger partial charge in [-0.25, -0.2) is 17.9 Å². The molecule has 0 aliphatic carbocycles. The molecule has 0 aliphatic heterocycles. The second-order valence-electron chi connectivity index (χ2n) is 4.40. The van der Waals surface area contributed by atoms with Gasteiger partial charge in [-0.05, 0) is 30.0 Å². The van der Waals surface area contributed by atoms with Crippen molar-refractivity contribution in [1.29, 1.82) is 0 Å². The molecule has 1 unspecified atom stereocenters. The van der Waals surface area contributed by atoms with Crippen LogP contribution in [0.1, 0.15) is 41.2 Å². The molecule has 0 fully saturated rings. The lowest BCUT2D eigenvalue weighted by atomic mass is 10.1. The van der Waals surface area contributed by atoms with Gasteiger partial charge in [0.25, 0.3) is 10.0 Å². The maximum absolute atomic E-state index is 12.3. The van der Waals surface area contributed by atoms with Crippen LogP contribution in [0.3, 0.4) is 0 Å². The number of thiophene rings is 1. The average molecular weight is 329 g/mol. The van der Waals surface area contributed by atoms with E-state index in [0.29, 0.717) is 6.42 Å². The quantitative estimate of drug-likeness (QED) is 0.814. The Kier molecular flexibility index (Phi) is 4.81. The van der Waals surface area contributed by atoms with Crippen LogP contribution in [0.15, 0.2) is 39.2 Å². The van der Waals surface area contributed by atoms with Crippen LogP contribution in [0.2, 0.25) is 0 Å². The largest absolute Gasteiger partial charge is 0.475 e. The standard InChI is InChI=1S/C13H15NO5S2/c1-2-4-9(11-5-3-8-20-11)14-21(17,18)12-7-6-10(19-12)13(15)16/h3,5-9,14H,2,4H2,1H3,(H,15,16). The van der Waals surface area contributed by atoms with Crippen molar-refractivity contribution in [2.24, 2.45) is 0 Å². The van der Waals surface area contributed by atoms with E-state index in [0.717, 1.165) is 23.4 Å². The molecule has 114 valence electrons. The molecule has 2 rings (SSSR count). The topological polar surface area (TPSA) is 96.6 Å². The van der Waals surface area contributed by atoms with E-state index < -0.39 is 26.8 Å². The smallest absolute Gasteiger partial charge is 0.371 e. The minimum Gasteiger partial charge on any atom is -0.475 e. The number of nitrogens with one attached hydrogen (secondary N) is 1. The number of hydrogen-bond donors (Lipinski definition) is 2. The molecule has 0 aromatic carbocycles. The minimum atomic E-state index is -3.89. The van der Waals surface area contributed by atoms with Crippen molar-refractivity contribution in [3.8, 4) is 0 Å². The lowest BCUT2D eigenvalue weighted by molar-refractivity contribution is 0.0656. The molecular weight excluding hydrogens is 314 g/mol. The molecule has 21 heavy (non-hydrogen) atoms. The summed E-state index contributed by atoms with van der Waals surface area (Å²) >= 11 is 1.47. The zero-order chi connectivity index (χ0) is 15.5. The van der Waals surface area contributed by atoms with E-state index in [9.17, 15) is 13.2 Å². The highest BCUT2D eigenvalue weighted by Gasteiger charge is 2.25. The maximum atomic E-state index is 12.3. The van der Waals surface area contributed by atoms with E-state index >= 15 is 0 Å². The summed E-state index contributed by atoms with van der Waals surface area (Å²) in [5.41, 5.74) is 0. The van der Waals surface area contributed by atoms with Crippen LogP contribution in [0.5, 0.6) is 0 Å². The highest BCUT2D eigenvalue weighted by Crippen LogP contribution is 2.26. The Bertz CT molecular complexity index is 703. The summed E-state index contributed by atoms with van der Waals surface area (Å²) in [6.07, 6.45) is 1.45. The number of aromatic carboxylic acids is 1. The Morgan fingerprint density at radius 1 is 1.43 bits per heavy atom. The fraction of sp³-hybridized carbons (Fsp3) is 0.308. The van der Waals surface area contributed by atoms with Gasteiger partial charge in [-0.2, -0.15) is 0 Å². The number of sulfonamides is 1. The number of hydrogen-bond acceptors (Lipinski definition) is 5. The SMILES string of the molecule is CCCC(NS(=O)(=O)c1ccc(C(=O)O)o1)c1cccs1. The first-order valence-corrected chi connectivity index (χ1v) is 8.69. The summed E-state index contributed by atoms with van der Waals surface area (Å²) in [5.74, 6) is -1.71. The van der Waals surface area contributed by atoms with Crippen molar-refractivity contribution in [1.82, 2.24) is 4.72 Å². The Hall–Kier alpha value is -1.64. The Balaban J connectivity index is 2.23. The van der Waals surface area contributed by atoms with Crippen LogP contribution in [-0.4, -0.2) is 19.5 Å². The fourth-order valence-corrected chi connectivity index (χ4v) is 3.93. The van der Waals surface area contributed by atoms with Crippen LogP contribution in [0.4, 0.5) is 0 Å². The first kappa shape index (κ1) is 15.7. The fourth-order valence-electron chi connectivity index (χ4n) is 1.86. The predicted octanol–water partition coefficient (Wildman–Crippen LogP) is 2.86. The van der Waals surface area contributed by atoms with E-state index in [1.54, 1.807) is 0 Å². The highest BCUT2D eigenvalue weighted by molar-refractivity contribution is 7.89. The molecule has 0 spiro atoms. The molecule has 0 amide bonds. The molecule has 0 saturated carbocycles. The van der Waals surface area contributed by atoms with Gasteiger partial charge in [0.05, 0.1) is 6.04 Å². The Labute approximate surface area is 126 Å². The van der Waals surface area contributed by atoms with E-state index in [4.69, 9.17) is 9.52 Å². The number of carbonyl (C=O) groups is 1. The molecule has 6 nitrogen and oxygen atoms in total. The van der Waals surface area contributed by atoms with Crippen LogP contribution in [0.25, 0.3) is 0 Å². The van der Waals surface area contributed by atoms with Gasteiger partial charge in [-0.1, -0.05) is 19.4 Å².